The van der Waals surface area contributed by atoms with Gasteiger partial charge in [0.25, 0.3) is 16.1 Å². The summed E-state index contributed by atoms with van der Waals surface area (Å²) < 4.78 is 27.8. The maximum atomic E-state index is 13.0. The van der Waals surface area contributed by atoms with Crippen molar-refractivity contribution in [2.75, 3.05) is 33.7 Å². The largest absolute Gasteiger partial charge is 0.334 e. The van der Waals surface area contributed by atoms with Crippen molar-refractivity contribution < 1.29 is 18.0 Å². The monoisotopic (exact) mass is 379 g/mol. The highest BCUT2D eigenvalue weighted by atomic mass is 32.2. The summed E-state index contributed by atoms with van der Waals surface area (Å²) in [7, 11) is -0.445. The van der Waals surface area contributed by atoms with Crippen LogP contribution >= 0.6 is 0 Å². The second-order valence-electron chi connectivity index (χ2n) is 7.30. The summed E-state index contributed by atoms with van der Waals surface area (Å²) in [6.07, 6.45) is 1.71. The van der Waals surface area contributed by atoms with Gasteiger partial charge in [-0.3, -0.25) is 9.59 Å². The predicted octanol–water partition coefficient (Wildman–Crippen LogP) is 1.23. The molecule has 2 bridgehead atoms. The van der Waals surface area contributed by atoms with Crippen LogP contribution in [0.5, 0.6) is 0 Å². The van der Waals surface area contributed by atoms with Gasteiger partial charge in [0.15, 0.2) is 5.78 Å². The molecule has 142 valence electrons. The van der Waals surface area contributed by atoms with E-state index in [-0.39, 0.29) is 23.7 Å². The fourth-order valence-electron chi connectivity index (χ4n) is 3.74. The SMILES string of the molecule is CC(=O)c1cccc(C(=O)N2C[C@H]3CC[C@@H]2CN(S(=O)(=O)N(C)C)C3)c1. The van der Waals surface area contributed by atoms with Gasteiger partial charge in [0.2, 0.25) is 0 Å². The van der Waals surface area contributed by atoms with Crippen LogP contribution in [0.4, 0.5) is 0 Å². The molecule has 3 saturated heterocycles. The summed E-state index contributed by atoms with van der Waals surface area (Å²) >= 11 is 0. The second kappa shape index (κ2) is 7.09. The zero-order chi connectivity index (χ0) is 19.1. The van der Waals surface area contributed by atoms with E-state index in [9.17, 15) is 18.0 Å². The number of nitrogens with zero attached hydrogens (tertiary/aromatic N) is 3. The normalized spacial score (nSPS) is 23.9. The fraction of sp³-hybridized carbons (Fsp3) is 0.556. The highest BCUT2D eigenvalue weighted by molar-refractivity contribution is 7.86. The number of ketones is 1. The van der Waals surface area contributed by atoms with E-state index < -0.39 is 10.2 Å². The zero-order valence-electron chi connectivity index (χ0n) is 15.4. The summed E-state index contributed by atoms with van der Waals surface area (Å²) in [6, 6.07) is 6.60. The number of Topliss-reactive ketones (excluding diaryl/α,β-unsaturated/α-hetero) is 1. The minimum Gasteiger partial charge on any atom is -0.334 e. The Balaban J connectivity index is 1.86. The predicted molar refractivity (Wildman–Crippen MR) is 98.2 cm³/mol. The number of hydrogen-bond acceptors (Lipinski definition) is 4. The average molecular weight is 379 g/mol. The quantitative estimate of drug-likeness (QED) is 0.737. The van der Waals surface area contributed by atoms with Gasteiger partial charge < -0.3 is 4.90 Å². The van der Waals surface area contributed by atoms with E-state index in [1.165, 1.54) is 29.6 Å². The number of carbonyl (C=O) groups excluding carboxylic acids is 2. The standard InChI is InChI=1S/C18H25N3O4S/c1-13(22)15-5-4-6-16(9-15)18(23)21-11-14-7-8-17(21)12-20(10-14)26(24,25)19(2)3/h4-6,9,14,17H,7-8,10-12H2,1-3H3/t14-,17+/m0/s1. The third-order valence-corrected chi connectivity index (χ3v) is 7.12. The molecule has 3 fully saturated rings. The van der Waals surface area contributed by atoms with Crippen LogP contribution in [0, 0.1) is 5.92 Å². The second-order valence-corrected chi connectivity index (χ2v) is 9.44. The van der Waals surface area contributed by atoms with Crippen LogP contribution in [0.25, 0.3) is 0 Å². The Labute approximate surface area is 154 Å². The van der Waals surface area contributed by atoms with Gasteiger partial charge in [-0.1, -0.05) is 12.1 Å². The third kappa shape index (κ3) is 3.54. The summed E-state index contributed by atoms with van der Waals surface area (Å²) in [5, 5.41) is 0. The lowest BCUT2D eigenvalue weighted by Gasteiger charge is -2.36. The van der Waals surface area contributed by atoms with Gasteiger partial charge in [0.1, 0.15) is 0 Å². The topological polar surface area (TPSA) is 78.0 Å². The van der Waals surface area contributed by atoms with Crippen LogP contribution in [0.1, 0.15) is 40.5 Å². The first-order valence-electron chi connectivity index (χ1n) is 8.79. The van der Waals surface area contributed by atoms with Crippen LogP contribution in [0.3, 0.4) is 0 Å². The zero-order valence-corrected chi connectivity index (χ0v) is 16.2. The number of piperidine rings is 1. The molecule has 0 unspecified atom stereocenters. The number of hydrogen-bond donors (Lipinski definition) is 0. The van der Waals surface area contributed by atoms with E-state index in [1.54, 1.807) is 29.2 Å². The van der Waals surface area contributed by atoms with E-state index in [0.29, 0.717) is 30.8 Å². The van der Waals surface area contributed by atoms with Crippen molar-refractivity contribution in [2.24, 2.45) is 5.92 Å². The summed E-state index contributed by atoms with van der Waals surface area (Å²) in [4.78, 5) is 26.4. The Hall–Kier alpha value is -1.77. The van der Waals surface area contributed by atoms with Gasteiger partial charge in [0.05, 0.1) is 0 Å². The van der Waals surface area contributed by atoms with Crippen LogP contribution in [0.15, 0.2) is 24.3 Å². The van der Waals surface area contributed by atoms with Gasteiger partial charge in [-0.15, -0.1) is 0 Å². The smallest absolute Gasteiger partial charge is 0.281 e. The first kappa shape index (κ1) is 19.0. The summed E-state index contributed by atoms with van der Waals surface area (Å²) in [6.45, 7) is 2.78. The van der Waals surface area contributed by atoms with Gasteiger partial charge in [-0.05, 0) is 37.8 Å². The molecule has 7 nitrogen and oxygen atoms in total. The lowest BCUT2D eigenvalue weighted by atomic mass is 9.94. The first-order valence-corrected chi connectivity index (χ1v) is 10.2. The molecule has 26 heavy (non-hydrogen) atoms. The molecular formula is C18H25N3O4S. The average Bonchev–Trinajstić information content (AvgIpc) is 2.93. The van der Waals surface area contributed by atoms with Crippen molar-refractivity contribution in [3.63, 3.8) is 0 Å². The van der Waals surface area contributed by atoms with Crippen LogP contribution in [0.2, 0.25) is 0 Å². The van der Waals surface area contributed by atoms with E-state index in [4.69, 9.17) is 0 Å². The molecule has 0 spiro atoms. The lowest BCUT2D eigenvalue weighted by molar-refractivity contribution is 0.0588. The molecule has 0 N–H and O–H groups in total. The summed E-state index contributed by atoms with van der Waals surface area (Å²) in [5.41, 5.74) is 0.986. The van der Waals surface area contributed by atoms with E-state index in [2.05, 4.69) is 0 Å². The fourth-order valence-corrected chi connectivity index (χ4v) is 4.97. The molecule has 3 aliphatic heterocycles. The molecule has 4 rings (SSSR count). The number of amides is 1. The first-order chi connectivity index (χ1) is 12.2. The number of carbonyl (C=O) groups is 2. The number of rotatable bonds is 4. The van der Waals surface area contributed by atoms with Crippen molar-refractivity contribution in [3.05, 3.63) is 35.4 Å². The molecule has 0 radical (unpaired) electrons. The Morgan fingerprint density at radius 2 is 1.77 bits per heavy atom. The van der Waals surface area contributed by atoms with Crippen molar-refractivity contribution in [1.29, 1.82) is 0 Å². The molecule has 8 heteroatoms. The molecule has 1 aromatic rings. The molecule has 1 aromatic carbocycles. The van der Waals surface area contributed by atoms with E-state index in [0.717, 1.165) is 12.8 Å². The van der Waals surface area contributed by atoms with Gasteiger partial charge in [-0.2, -0.15) is 17.0 Å². The van der Waals surface area contributed by atoms with Gasteiger partial charge >= 0.3 is 0 Å². The molecule has 0 saturated carbocycles. The molecule has 0 aromatic heterocycles. The lowest BCUT2D eigenvalue weighted by Crippen LogP contribution is -2.48. The minimum absolute atomic E-state index is 0.0831. The van der Waals surface area contributed by atoms with Crippen LogP contribution < -0.4 is 0 Å². The summed E-state index contributed by atoms with van der Waals surface area (Å²) in [5.74, 6) is -0.0874. The Kier molecular flexibility index (Phi) is 5.18. The highest BCUT2D eigenvalue weighted by Gasteiger charge is 2.41. The van der Waals surface area contributed by atoms with Crippen molar-refractivity contribution >= 4 is 21.9 Å². The Bertz CT molecular complexity index is 821. The molecule has 3 aliphatic rings. The molecule has 3 heterocycles. The van der Waals surface area contributed by atoms with Crippen molar-refractivity contribution in [2.45, 2.75) is 25.8 Å². The third-order valence-electron chi connectivity index (χ3n) is 5.24. The maximum absolute atomic E-state index is 13.0. The van der Waals surface area contributed by atoms with E-state index in [1.807, 2.05) is 0 Å². The maximum Gasteiger partial charge on any atom is 0.281 e. The van der Waals surface area contributed by atoms with Crippen LogP contribution in [-0.4, -0.2) is 73.4 Å². The minimum atomic E-state index is -3.50. The highest BCUT2D eigenvalue weighted by Crippen LogP contribution is 2.31. The molecule has 1 amide bonds. The molecular weight excluding hydrogens is 354 g/mol. The van der Waals surface area contributed by atoms with Crippen molar-refractivity contribution in [3.8, 4) is 0 Å². The number of fused-ring (bicyclic) bond motifs is 4. The van der Waals surface area contributed by atoms with Gasteiger partial charge in [-0.25, -0.2) is 0 Å². The van der Waals surface area contributed by atoms with Crippen molar-refractivity contribution in [1.82, 2.24) is 13.5 Å². The molecule has 2 atom stereocenters. The van der Waals surface area contributed by atoms with Crippen LogP contribution in [-0.2, 0) is 10.2 Å². The number of benzene rings is 1. The Morgan fingerprint density at radius 3 is 2.42 bits per heavy atom. The Morgan fingerprint density at radius 1 is 1.08 bits per heavy atom. The van der Waals surface area contributed by atoms with Gasteiger partial charge in [0, 0.05) is 50.9 Å². The molecule has 0 aliphatic carbocycles. The van der Waals surface area contributed by atoms with E-state index >= 15 is 0 Å².